The van der Waals surface area contributed by atoms with Gasteiger partial charge in [-0.3, -0.25) is 4.68 Å². The number of hydrogen-bond donors (Lipinski definition) is 1. The van der Waals surface area contributed by atoms with Gasteiger partial charge in [0.15, 0.2) is 0 Å². The molecular weight excluding hydrogens is 279 g/mol. The third-order valence-corrected chi connectivity index (χ3v) is 3.51. The maximum Gasteiger partial charge on any atom is 0.138 e. The van der Waals surface area contributed by atoms with Gasteiger partial charge in [-0.25, -0.2) is 4.39 Å². The normalized spacial score (nSPS) is 10.2. The highest BCUT2D eigenvalue weighted by molar-refractivity contribution is 6.31. The third kappa shape index (κ3) is 3.01. The van der Waals surface area contributed by atoms with E-state index in [0.717, 1.165) is 17.0 Å². The molecule has 1 heterocycles. The molecule has 2 aromatic rings. The Labute approximate surface area is 122 Å². The second-order valence-electron chi connectivity index (χ2n) is 4.42. The van der Waals surface area contributed by atoms with Crippen molar-refractivity contribution in [3.05, 3.63) is 51.6 Å². The zero-order valence-electron chi connectivity index (χ0n) is 11.2. The van der Waals surface area contributed by atoms with Crippen molar-refractivity contribution < 1.29 is 9.50 Å². The van der Waals surface area contributed by atoms with Crippen LogP contribution in [0.2, 0.25) is 5.02 Å². The summed E-state index contributed by atoms with van der Waals surface area (Å²) in [5.74, 6) is 4.63. The van der Waals surface area contributed by atoms with Gasteiger partial charge >= 0.3 is 0 Å². The molecule has 0 aliphatic heterocycles. The molecule has 2 rings (SSSR count). The van der Waals surface area contributed by atoms with Gasteiger partial charge in [0.05, 0.1) is 28.5 Å². The van der Waals surface area contributed by atoms with Gasteiger partial charge in [0.1, 0.15) is 12.4 Å². The summed E-state index contributed by atoms with van der Waals surface area (Å²) in [4.78, 5) is 0. The van der Waals surface area contributed by atoms with Gasteiger partial charge in [-0.2, -0.15) is 5.10 Å². The SMILES string of the molecule is Cc1nn(Cc2ccc(F)c(C#CCO)c2)c(C)c1Cl. The van der Waals surface area contributed by atoms with Gasteiger partial charge in [0.25, 0.3) is 0 Å². The quantitative estimate of drug-likeness (QED) is 0.864. The molecule has 20 heavy (non-hydrogen) atoms. The monoisotopic (exact) mass is 292 g/mol. The maximum absolute atomic E-state index is 13.6. The molecule has 1 N–H and O–H groups in total. The number of aromatic nitrogens is 2. The van der Waals surface area contributed by atoms with E-state index < -0.39 is 5.82 Å². The molecule has 104 valence electrons. The smallest absolute Gasteiger partial charge is 0.138 e. The molecule has 0 bridgehead atoms. The maximum atomic E-state index is 13.6. The standard InChI is InChI=1S/C15H14ClFN2O/c1-10-15(16)11(2)19(18-10)9-12-5-6-14(17)13(8-12)4-3-7-20/h5-6,8,20H,7,9H2,1-2H3. The highest BCUT2D eigenvalue weighted by Crippen LogP contribution is 2.20. The minimum absolute atomic E-state index is 0.268. The highest BCUT2D eigenvalue weighted by atomic mass is 35.5. The minimum Gasteiger partial charge on any atom is -0.384 e. The first-order valence-corrected chi connectivity index (χ1v) is 6.48. The second kappa shape index (κ2) is 6.08. The first-order valence-electron chi connectivity index (χ1n) is 6.10. The fourth-order valence-electron chi connectivity index (χ4n) is 1.90. The Hall–Kier alpha value is -1.83. The van der Waals surface area contributed by atoms with Gasteiger partial charge in [0, 0.05) is 0 Å². The molecule has 0 unspecified atom stereocenters. The van der Waals surface area contributed by atoms with Gasteiger partial charge in [-0.05, 0) is 31.5 Å². The van der Waals surface area contributed by atoms with E-state index in [1.807, 2.05) is 13.8 Å². The largest absolute Gasteiger partial charge is 0.384 e. The molecule has 0 aliphatic carbocycles. The van der Waals surface area contributed by atoms with Gasteiger partial charge in [0.2, 0.25) is 0 Å². The van der Waals surface area contributed by atoms with E-state index >= 15 is 0 Å². The van der Waals surface area contributed by atoms with E-state index in [-0.39, 0.29) is 12.2 Å². The number of rotatable bonds is 2. The Morgan fingerprint density at radius 3 is 2.75 bits per heavy atom. The van der Waals surface area contributed by atoms with E-state index in [0.29, 0.717) is 11.6 Å². The van der Waals surface area contributed by atoms with Crippen LogP contribution in [0.4, 0.5) is 4.39 Å². The zero-order chi connectivity index (χ0) is 14.7. The molecule has 1 aromatic carbocycles. The Morgan fingerprint density at radius 1 is 1.40 bits per heavy atom. The van der Waals surface area contributed by atoms with E-state index in [2.05, 4.69) is 16.9 Å². The molecule has 0 atom stereocenters. The van der Waals surface area contributed by atoms with E-state index in [1.54, 1.807) is 16.8 Å². The van der Waals surface area contributed by atoms with Crippen molar-refractivity contribution in [1.82, 2.24) is 9.78 Å². The average molecular weight is 293 g/mol. The predicted octanol–water partition coefficient (Wildman–Crippen LogP) is 2.68. The number of nitrogens with zero attached hydrogens (tertiary/aromatic N) is 2. The van der Waals surface area contributed by atoms with Crippen LogP contribution in [-0.2, 0) is 6.54 Å². The van der Waals surface area contributed by atoms with Gasteiger partial charge < -0.3 is 5.11 Å². The van der Waals surface area contributed by atoms with Crippen LogP contribution in [0.25, 0.3) is 0 Å². The number of aryl methyl sites for hydroxylation is 1. The average Bonchev–Trinajstić information content (AvgIpc) is 2.67. The molecule has 0 fully saturated rings. The number of aliphatic hydroxyl groups is 1. The summed E-state index contributed by atoms with van der Waals surface area (Å²) in [5, 5.41) is 13.6. The fourth-order valence-corrected chi connectivity index (χ4v) is 2.04. The van der Waals surface area contributed by atoms with Crippen LogP contribution in [0.1, 0.15) is 22.5 Å². The first kappa shape index (κ1) is 14.6. The number of halogens is 2. The lowest BCUT2D eigenvalue weighted by Crippen LogP contribution is -2.04. The summed E-state index contributed by atoms with van der Waals surface area (Å²) < 4.78 is 15.3. The summed E-state index contributed by atoms with van der Waals surface area (Å²) in [6.45, 7) is 3.93. The summed E-state index contributed by atoms with van der Waals surface area (Å²) in [5.41, 5.74) is 2.78. The Kier molecular flexibility index (Phi) is 4.43. The third-order valence-electron chi connectivity index (χ3n) is 2.96. The molecule has 0 saturated carbocycles. The summed E-state index contributed by atoms with van der Waals surface area (Å²) >= 11 is 6.10. The van der Waals surface area contributed by atoms with Gasteiger partial charge in [-0.15, -0.1) is 0 Å². The van der Waals surface area contributed by atoms with Crippen LogP contribution in [0.5, 0.6) is 0 Å². The lowest BCUT2D eigenvalue weighted by Gasteiger charge is -2.06. The van der Waals surface area contributed by atoms with E-state index in [9.17, 15) is 4.39 Å². The molecular formula is C15H14ClFN2O. The van der Waals surface area contributed by atoms with Crippen molar-refractivity contribution >= 4 is 11.6 Å². The van der Waals surface area contributed by atoms with Gasteiger partial charge in [-0.1, -0.05) is 29.5 Å². The van der Waals surface area contributed by atoms with Crippen molar-refractivity contribution in [2.45, 2.75) is 20.4 Å². The molecule has 0 amide bonds. The van der Waals surface area contributed by atoms with Crippen LogP contribution in [0, 0.1) is 31.5 Å². The van der Waals surface area contributed by atoms with Crippen molar-refractivity contribution in [3.8, 4) is 11.8 Å². The van der Waals surface area contributed by atoms with Crippen LogP contribution >= 0.6 is 11.6 Å². The summed E-state index contributed by atoms with van der Waals surface area (Å²) in [6, 6.07) is 4.70. The summed E-state index contributed by atoms with van der Waals surface area (Å²) in [6.07, 6.45) is 0. The number of hydrogen-bond acceptors (Lipinski definition) is 2. The van der Waals surface area contributed by atoms with Crippen molar-refractivity contribution in [3.63, 3.8) is 0 Å². The minimum atomic E-state index is -0.402. The molecule has 0 spiro atoms. The fraction of sp³-hybridized carbons (Fsp3) is 0.267. The van der Waals surface area contributed by atoms with E-state index in [4.69, 9.17) is 16.7 Å². The van der Waals surface area contributed by atoms with E-state index in [1.165, 1.54) is 6.07 Å². The highest BCUT2D eigenvalue weighted by Gasteiger charge is 2.10. The molecule has 0 saturated heterocycles. The summed E-state index contributed by atoms with van der Waals surface area (Å²) in [7, 11) is 0. The molecule has 0 radical (unpaired) electrons. The topological polar surface area (TPSA) is 38.0 Å². The van der Waals surface area contributed by atoms with Crippen molar-refractivity contribution in [2.75, 3.05) is 6.61 Å². The van der Waals surface area contributed by atoms with Crippen molar-refractivity contribution in [2.24, 2.45) is 0 Å². The molecule has 5 heteroatoms. The Balaban J connectivity index is 2.32. The molecule has 3 nitrogen and oxygen atoms in total. The number of aliphatic hydroxyl groups excluding tert-OH is 1. The van der Waals surface area contributed by atoms with Crippen molar-refractivity contribution in [1.29, 1.82) is 0 Å². The lowest BCUT2D eigenvalue weighted by atomic mass is 10.1. The number of benzene rings is 1. The van der Waals surface area contributed by atoms with Crippen LogP contribution in [0.3, 0.4) is 0 Å². The Bertz CT molecular complexity index is 698. The van der Waals surface area contributed by atoms with Crippen LogP contribution in [-0.4, -0.2) is 21.5 Å². The Morgan fingerprint density at radius 2 is 2.15 bits per heavy atom. The molecule has 0 aliphatic rings. The first-order chi connectivity index (χ1) is 9.52. The molecule has 1 aromatic heterocycles. The lowest BCUT2D eigenvalue weighted by molar-refractivity contribution is 0.350. The van der Waals surface area contributed by atoms with Crippen LogP contribution < -0.4 is 0 Å². The zero-order valence-corrected chi connectivity index (χ0v) is 12.0. The predicted molar refractivity (Wildman–Crippen MR) is 76.2 cm³/mol. The second-order valence-corrected chi connectivity index (χ2v) is 4.79. The van der Waals surface area contributed by atoms with Crippen LogP contribution in [0.15, 0.2) is 18.2 Å².